The number of sulfonamides is 1. The van der Waals surface area contributed by atoms with E-state index in [0.717, 1.165) is 35.4 Å². The van der Waals surface area contributed by atoms with Gasteiger partial charge >= 0.3 is 5.97 Å². The van der Waals surface area contributed by atoms with Crippen LogP contribution in [0.4, 0.5) is 5.69 Å². The molecule has 2 heterocycles. The molecule has 1 atom stereocenters. The number of carbonyl (C=O) groups excluding carboxylic acids is 2. The molecule has 138 valence electrons. The molecule has 7 nitrogen and oxygen atoms in total. The van der Waals surface area contributed by atoms with Crippen molar-refractivity contribution in [2.75, 3.05) is 11.4 Å². The molecule has 1 unspecified atom stereocenters. The Kier molecular flexibility index (Phi) is 5.12. The summed E-state index contributed by atoms with van der Waals surface area (Å²) in [5.74, 6) is -1.23. The highest BCUT2D eigenvalue weighted by molar-refractivity contribution is 7.89. The number of nitrogens with two attached hydrogens (primary N) is 1. The van der Waals surface area contributed by atoms with Gasteiger partial charge in [0.15, 0.2) is 6.10 Å². The predicted molar refractivity (Wildman–Crippen MR) is 97.7 cm³/mol. The second-order valence-electron chi connectivity index (χ2n) is 5.93. The summed E-state index contributed by atoms with van der Waals surface area (Å²) < 4.78 is 28.3. The van der Waals surface area contributed by atoms with Gasteiger partial charge in [0.05, 0.1) is 0 Å². The van der Waals surface area contributed by atoms with Crippen LogP contribution in [0.1, 0.15) is 28.6 Å². The van der Waals surface area contributed by atoms with Crippen LogP contribution in [0.25, 0.3) is 0 Å². The highest BCUT2D eigenvalue weighted by atomic mass is 32.2. The summed E-state index contributed by atoms with van der Waals surface area (Å²) in [4.78, 5) is 26.2. The molecule has 1 aliphatic heterocycles. The molecule has 9 heteroatoms. The van der Waals surface area contributed by atoms with Crippen molar-refractivity contribution in [2.24, 2.45) is 5.14 Å². The van der Waals surface area contributed by atoms with Gasteiger partial charge in [0, 0.05) is 12.2 Å². The Morgan fingerprint density at radius 1 is 1.27 bits per heavy atom. The van der Waals surface area contributed by atoms with Crippen molar-refractivity contribution in [1.29, 1.82) is 0 Å². The lowest BCUT2D eigenvalue weighted by atomic mass is 10.0. The average molecular weight is 394 g/mol. The zero-order valence-electron chi connectivity index (χ0n) is 14.0. The van der Waals surface area contributed by atoms with Crippen LogP contribution in [0.2, 0.25) is 0 Å². The molecule has 3 rings (SSSR count). The number of thiophene rings is 1. The number of anilines is 1. The van der Waals surface area contributed by atoms with Crippen molar-refractivity contribution in [3.05, 3.63) is 46.2 Å². The van der Waals surface area contributed by atoms with Gasteiger partial charge in [-0.1, -0.05) is 18.2 Å². The van der Waals surface area contributed by atoms with Gasteiger partial charge in [0.1, 0.15) is 9.77 Å². The zero-order chi connectivity index (χ0) is 18.9. The van der Waals surface area contributed by atoms with Gasteiger partial charge in [-0.25, -0.2) is 18.4 Å². The summed E-state index contributed by atoms with van der Waals surface area (Å²) >= 11 is 0.904. The van der Waals surface area contributed by atoms with Crippen LogP contribution in [0.5, 0.6) is 0 Å². The van der Waals surface area contributed by atoms with Crippen LogP contribution in [0.15, 0.2) is 40.6 Å². The fourth-order valence-electron chi connectivity index (χ4n) is 2.92. The minimum atomic E-state index is -4.04. The van der Waals surface area contributed by atoms with Crippen LogP contribution >= 0.6 is 11.3 Å². The Morgan fingerprint density at radius 2 is 2.00 bits per heavy atom. The number of amides is 1. The second kappa shape index (κ2) is 7.18. The summed E-state index contributed by atoms with van der Waals surface area (Å²) in [6.07, 6.45) is 0.661. The Hall–Kier alpha value is -2.23. The number of nitrogens with zero attached hydrogens (tertiary/aromatic N) is 1. The standard InChI is InChI=1S/C17H18N2O5S2/c1-11(24-17(21)15-14(8-10-25-15)26(18,22)23)16(20)19-9-4-6-12-5-2-3-7-13(12)19/h2-3,5,7-8,10-11H,4,6,9H2,1H3,(H2,18,22,23). The summed E-state index contributed by atoms with van der Waals surface area (Å²) in [7, 11) is -4.04. The smallest absolute Gasteiger partial charge is 0.350 e. The number of esters is 1. The van der Waals surface area contributed by atoms with Crippen LogP contribution < -0.4 is 10.0 Å². The topological polar surface area (TPSA) is 107 Å². The number of benzene rings is 1. The lowest BCUT2D eigenvalue weighted by Gasteiger charge is -2.31. The van der Waals surface area contributed by atoms with E-state index < -0.39 is 22.1 Å². The minimum absolute atomic E-state index is 0.133. The minimum Gasteiger partial charge on any atom is -0.448 e. The van der Waals surface area contributed by atoms with E-state index in [1.54, 1.807) is 4.90 Å². The first kappa shape index (κ1) is 18.6. The third kappa shape index (κ3) is 3.64. The molecule has 0 aliphatic carbocycles. The molecular weight excluding hydrogens is 376 g/mol. The van der Waals surface area contributed by atoms with E-state index in [9.17, 15) is 18.0 Å². The van der Waals surface area contributed by atoms with Gasteiger partial charge in [0.2, 0.25) is 10.0 Å². The number of hydrogen-bond donors (Lipinski definition) is 1. The number of hydrogen-bond acceptors (Lipinski definition) is 6. The molecule has 0 saturated heterocycles. The fourth-order valence-corrected chi connectivity index (χ4v) is 4.76. The third-order valence-corrected chi connectivity index (χ3v) is 6.11. The molecule has 1 aliphatic rings. The Balaban J connectivity index is 1.77. The molecule has 0 spiro atoms. The number of carbonyl (C=O) groups is 2. The fraction of sp³-hybridized carbons (Fsp3) is 0.294. The van der Waals surface area contributed by atoms with E-state index in [1.807, 2.05) is 24.3 Å². The lowest BCUT2D eigenvalue weighted by Crippen LogP contribution is -2.42. The maximum atomic E-state index is 12.8. The Labute approximate surface area is 155 Å². The monoisotopic (exact) mass is 394 g/mol. The highest BCUT2D eigenvalue weighted by Gasteiger charge is 2.30. The predicted octanol–water partition coefficient (Wildman–Crippen LogP) is 1.92. The molecule has 0 radical (unpaired) electrons. The van der Waals surface area contributed by atoms with E-state index in [4.69, 9.17) is 9.88 Å². The quantitative estimate of drug-likeness (QED) is 0.798. The van der Waals surface area contributed by atoms with Crippen LogP contribution in [-0.4, -0.2) is 32.9 Å². The van der Waals surface area contributed by atoms with E-state index in [2.05, 4.69) is 0 Å². The van der Waals surface area contributed by atoms with Gasteiger partial charge in [0.25, 0.3) is 5.91 Å². The van der Waals surface area contributed by atoms with Gasteiger partial charge in [-0.15, -0.1) is 11.3 Å². The number of fused-ring (bicyclic) bond motifs is 1. The molecule has 1 amide bonds. The zero-order valence-corrected chi connectivity index (χ0v) is 15.7. The molecule has 2 aromatic rings. The van der Waals surface area contributed by atoms with E-state index >= 15 is 0 Å². The summed E-state index contributed by atoms with van der Waals surface area (Å²) in [5, 5.41) is 6.53. The SMILES string of the molecule is CC(OC(=O)c1sccc1S(N)(=O)=O)C(=O)N1CCCc2ccccc21. The average Bonchev–Trinajstić information content (AvgIpc) is 3.11. The number of aryl methyl sites for hydroxylation is 1. The maximum absolute atomic E-state index is 12.8. The molecule has 1 aromatic carbocycles. The highest BCUT2D eigenvalue weighted by Crippen LogP contribution is 2.28. The van der Waals surface area contributed by atoms with E-state index in [0.29, 0.717) is 6.54 Å². The summed E-state index contributed by atoms with van der Waals surface area (Å²) in [6.45, 7) is 2.01. The van der Waals surface area contributed by atoms with E-state index in [-0.39, 0.29) is 15.7 Å². The van der Waals surface area contributed by atoms with Crippen LogP contribution in [0, 0.1) is 0 Å². The lowest BCUT2D eigenvalue weighted by molar-refractivity contribution is -0.126. The van der Waals surface area contributed by atoms with Gasteiger partial charge in [-0.3, -0.25) is 4.79 Å². The van der Waals surface area contributed by atoms with Crippen LogP contribution in [-0.2, 0) is 26.0 Å². The third-order valence-electron chi connectivity index (χ3n) is 4.13. The van der Waals surface area contributed by atoms with Crippen molar-refractivity contribution >= 4 is 38.9 Å². The summed E-state index contributed by atoms with van der Waals surface area (Å²) in [5.41, 5.74) is 1.88. The normalized spacial score (nSPS) is 15.2. The van der Waals surface area contributed by atoms with Crippen molar-refractivity contribution in [3.63, 3.8) is 0 Å². The first-order valence-corrected chi connectivity index (χ1v) is 10.4. The summed E-state index contributed by atoms with van der Waals surface area (Å²) in [6, 6.07) is 8.84. The number of primary sulfonamides is 1. The van der Waals surface area contributed by atoms with Crippen LogP contribution in [0.3, 0.4) is 0 Å². The van der Waals surface area contributed by atoms with E-state index in [1.165, 1.54) is 18.4 Å². The first-order valence-electron chi connectivity index (χ1n) is 7.99. The van der Waals surface area contributed by atoms with Gasteiger partial charge < -0.3 is 9.64 Å². The first-order chi connectivity index (χ1) is 12.3. The molecule has 0 saturated carbocycles. The molecule has 1 aromatic heterocycles. The van der Waals surface area contributed by atoms with Gasteiger partial charge in [-0.05, 0) is 42.8 Å². The molecule has 26 heavy (non-hydrogen) atoms. The molecule has 2 N–H and O–H groups in total. The number of rotatable bonds is 4. The second-order valence-corrected chi connectivity index (χ2v) is 8.37. The molecule has 0 bridgehead atoms. The van der Waals surface area contributed by atoms with Crippen molar-refractivity contribution in [1.82, 2.24) is 0 Å². The number of para-hydroxylation sites is 1. The van der Waals surface area contributed by atoms with Gasteiger partial charge in [-0.2, -0.15) is 0 Å². The van der Waals surface area contributed by atoms with Crippen molar-refractivity contribution in [2.45, 2.75) is 30.8 Å². The molecule has 0 fully saturated rings. The van der Waals surface area contributed by atoms with Crippen molar-refractivity contribution < 1.29 is 22.7 Å². The molecular formula is C17H18N2O5S2. The maximum Gasteiger partial charge on any atom is 0.350 e. The largest absolute Gasteiger partial charge is 0.448 e. The Morgan fingerprint density at radius 3 is 2.73 bits per heavy atom. The number of ether oxygens (including phenoxy) is 1. The Bertz CT molecular complexity index is 952. The van der Waals surface area contributed by atoms with Crippen molar-refractivity contribution in [3.8, 4) is 0 Å².